The molecule has 7 heteroatoms. The van der Waals surface area contributed by atoms with Gasteiger partial charge in [-0.1, -0.05) is 11.6 Å². The molecule has 104 valence electrons. The molecule has 0 amide bonds. The molecule has 2 heterocycles. The number of benzene rings is 1. The molecule has 0 radical (unpaired) electrons. The van der Waals surface area contributed by atoms with Crippen molar-refractivity contribution in [1.82, 2.24) is 24.6 Å². The van der Waals surface area contributed by atoms with Gasteiger partial charge in [0.2, 0.25) is 0 Å². The van der Waals surface area contributed by atoms with E-state index in [2.05, 4.69) is 20.0 Å². The van der Waals surface area contributed by atoms with Gasteiger partial charge in [-0.3, -0.25) is 0 Å². The lowest BCUT2D eigenvalue weighted by molar-refractivity contribution is 0.376. The number of hydrogen-bond acceptors (Lipinski definition) is 5. The Balaban J connectivity index is 2.16. The van der Waals surface area contributed by atoms with Crippen LogP contribution in [0.15, 0.2) is 18.2 Å². The van der Waals surface area contributed by atoms with Crippen molar-refractivity contribution in [1.29, 1.82) is 0 Å². The quantitative estimate of drug-likeness (QED) is 0.796. The Morgan fingerprint density at radius 2 is 2.05 bits per heavy atom. The van der Waals surface area contributed by atoms with Crippen LogP contribution in [0.2, 0.25) is 5.02 Å². The van der Waals surface area contributed by atoms with Crippen molar-refractivity contribution in [2.75, 3.05) is 26.4 Å². The molecule has 0 atom stereocenters. The van der Waals surface area contributed by atoms with Crippen molar-refractivity contribution in [3.05, 3.63) is 23.2 Å². The fourth-order valence-corrected chi connectivity index (χ4v) is 2.21. The number of rotatable bonds is 3. The van der Waals surface area contributed by atoms with Crippen LogP contribution in [0.1, 0.15) is 0 Å². The topological polar surface area (TPSA) is 72.9 Å². The molecule has 0 bridgehead atoms. The van der Waals surface area contributed by atoms with Gasteiger partial charge in [0.1, 0.15) is 0 Å². The van der Waals surface area contributed by atoms with E-state index in [9.17, 15) is 0 Å². The summed E-state index contributed by atoms with van der Waals surface area (Å²) in [6.45, 7) is 1.57. The molecular weight excluding hydrogens is 276 g/mol. The summed E-state index contributed by atoms with van der Waals surface area (Å²) < 4.78 is 1.80. The number of aromatic nitrogens is 4. The van der Waals surface area contributed by atoms with E-state index in [1.54, 1.807) is 16.8 Å². The predicted octanol–water partition coefficient (Wildman–Crippen LogP) is 1.78. The number of nitrogens with zero attached hydrogens (tertiary/aromatic N) is 5. The molecule has 3 aromatic rings. The van der Waals surface area contributed by atoms with Gasteiger partial charge in [0.25, 0.3) is 0 Å². The fraction of sp³-hybridized carbons (Fsp3) is 0.308. The van der Waals surface area contributed by atoms with E-state index < -0.39 is 0 Å². The second-order valence-electron chi connectivity index (χ2n) is 4.94. The highest BCUT2D eigenvalue weighted by Crippen LogP contribution is 2.22. The van der Waals surface area contributed by atoms with Gasteiger partial charge >= 0.3 is 0 Å². The first-order valence-corrected chi connectivity index (χ1v) is 6.66. The van der Waals surface area contributed by atoms with E-state index >= 15 is 0 Å². The van der Waals surface area contributed by atoms with Crippen LogP contribution < -0.4 is 5.73 Å². The minimum Gasteiger partial charge on any atom is -0.380 e. The molecule has 0 saturated heterocycles. The first-order chi connectivity index (χ1) is 9.54. The largest absolute Gasteiger partial charge is 0.380 e. The van der Waals surface area contributed by atoms with Gasteiger partial charge in [-0.05, 0) is 32.3 Å². The molecule has 0 saturated carbocycles. The number of nitrogen functional groups attached to an aromatic ring is 1. The molecule has 0 spiro atoms. The minimum absolute atomic E-state index is 0.396. The van der Waals surface area contributed by atoms with Crippen molar-refractivity contribution >= 4 is 39.6 Å². The second kappa shape index (κ2) is 4.88. The number of fused-ring (bicyclic) bond motifs is 2. The van der Waals surface area contributed by atoms with E-state index in [4.69, 9.17) is 17.3 Å². The van der Waals surface area contributed by atoms with Crippen molar-refractivity contribution in [3.63, 3.8) is 0 Å². The summed E-state index contributed by atoms with van der Waals surface area (Å²) in [6, 6.07) is 5.43. The summed E-state index contributed by atoms with van der Waals surface area (Å²) in [7, 11) is 4.02. The van der Waals surface area contributed by atoms with Gasteiger partial charge in [-0.25, -0.2) is 14.6 Å². The van der Waals surface area contributed by atoms with Crippen LogP contribution in [-0.2, 0) is 6.54 Å². The Bertz CT molecular complexity index is 779. The summed E-state index contributed by atoms with van der Waals surface area (Å²) in [4.78, 5) is 11.2. The van der Waals surface area contributed by atoms with Gasteiger partial charge in [0.15, 0.2) is 17.0 Å². The van der Waals surface area contributed by atoms with Crippen molar-refractivity contribution in [2.45, 2.75) is 6.54 Å². The van der Waals surface area contributed by atoms with Gasteiger partial charge in [0.05, 0.1) is 17.6 Å². The van der Waals surface area contributed by atoms with Gasteiger partial charge in [-0.15, -0.1) is 0 Å². The smallest absolute Gasteiger partial charge is 0.179 e. The lowest BCUT2D eigenvalue weighted by Crippen LogP contribution is -2.19. The maximum atomic E-state index is 5.97. The van der Waals surface area contributed by atoms with E-state index in [1.807, 2.05) is 20.2 Å². The zero-order valence-corrected chi connectivity index (χ0v) is 12.1. The van der Waals surface area contributed by atoms with Crippen molar-refractivity contribution in [3.8, 4) is 0 Å². The van der Waals surface area contributed by atoms with E-state index in [1.165, 1.54) is 0 Å². The number of likely N-dealkylation sites (N-methyl/N-ethyl adjacent to an activating group) is 1. The van der Waals surface area contributed by atoms with Crippen LogP contribution >= 0.6 is 11.6 Å². The van der Waals surface area contributed by atoms with E-state index in [-0.39, 0.29) is 0 Å². The Hall–Kier alpha value is -1.92. The maximum absolute atomic E-state index is 5.97. The zero-order chi connectivity index (χ0) is 14.3. The lowest BCUT2D eigenvalue weighted by atomic mass is 10.3. The van der Waals surface area contributed by atoms with Crippen LogP contribution in [0, 0.1) is 0 Å². The Labute approximate surface area is 121 Å². The third kappa shape index (κ3) is 2.28. The molecular formula is C13H15ClN6. The lowest BCUT2D eigenvalue weighted by Gasteiger charge is -2.09. The molecule has 2 N–H and O–H groups in total. The standard InChI is InChI=1S/C13H15ClN6/c1-19(2)5-6-20-13-11(12(15)18-20)16-10-7-8(14)3-4-9(10)17-13/h3-4,7H,5-6H2,1-2H3,(H2,15,18). The summed E-state index contributed by atoms with van der Waals surface area (Å²) in [5.41, 5.74) is 8.77. The second-order valence-corrected chi connectivity index (χ2v) is 5.38. The predicted molar refractivity (Wildman–Crippen MR) is 80.8 cm³/mol. The monoisotopic (exact) mass is 290 g/mol. The summed E-state index contributed by atoms with van der Waals surface area (Å²) in [5, 5.41) is 4.95. The molecule has 6 nitrogen and oxygen atoms in total. The summed E-state index contributed by atoms with van der Waals surface area (Å²) >= 11 is 5.97. The SMILES string of the molecule is CN(C)CCn1nc(N)c2nc3cc(Cl)ccc3nc21. The third-order valence-corrected chi connectivity index (χ3v) is 3.32. The first kappa shape index (κ1) is 13.1. The van der Waals surface area contributed by atoms with Gasteiger partial charge in [0, 0.05) is 11.6 Å². The minimum atomic E-state index is 0.396. The van der Waals surface area contributed by atoms with Crippen molar-refractivity contribution in [2.24, 2.45) is 0 Å². The van der Waals surface area contributed by atoms with Crippen LogP contribution in [0.5, 0.6) is 0 Å². The molecule has 0 aliphatic carbocycles. The highest BCUT2D eigenvalue weighted by molar-refractivity contribution is 6.31. The molecule has 0 aliphatic heterocycles. The summed E-state index contributed by atoms with van der Waals surface area (Å²) in [6.07, 6.45) is 0. The Morgan fingerprint density at radius 1 is 1.25 bits per heavy atom. The van der Waals surface area contributed by atoms with Gasteiger partial charge < -0.3 is 10.6 Å². The average Bonchev–Trinajstić information content (AvgIpc) is 2.70. The van der Waals surface area contributed by atoms with Crippen molar-refractivity contribution < 1.29 is 0 Å². The number of halogens is 1. The van der Waals surface area contributed by atoms with E-state index in [0.29, 0.717) is 28.5 Å². The molecule has 0 fully saturated rings. The number of hydrogen-bond donors (Lipinski definition) is 1. The average molecular weight is 291 g/mol. The Kier molecular flexibility index (Phi) is 3.19. The Morgan fingerprint density at radius 3 is 2.80 bits per heavy atom. The molecule has 0 aliphatic rings. The maximum Gasteiger partial charge on any atom is 0.179 e. The van der Waals surface area contributed by atoms with E-state index in [0.717, 1.165) is 17.6 Å². The first-order valence-electron chi connectivity index (χ1n) is 6.28. The third-order valence-electron chi connectivity index (χ3n) is 3.08. The fourth-order valence-electron chi connectivity index (χ4n) is 2.05. The summed E-state index contributed by atoms with van der Waals surface area (Å²) in [5.74, 6) is 0.396. The molecule has 2 aromatic heterocycles. The molecule has 1 aromatic carbocycles. The number of nitrogens with two attached hydrogens (primary N) is 1. The van der Waals surface area contributed by atoms with Gasteiger partial charge in [-0.2, -0.15) is 5.10 Å². The highest BCUT2D eigenvalue weighted by Gasteiger charge is 2.12. The van der Waals surface area contributed by atoms with Crippen LogP contribution in [0.4, 0.5) is 5.82 Å². The number of anilines is 1. The van der Waals surface area contributed by atoms with Crippen LogP contribution in [0.3, 0.4) is 0 Å². The molecule has 3 rings (SSSR count). The molecule has 20 heavy (non-hydrogen) atoms. The highest BCUT2D eigenvalue weighted by atomic mass is 35.5. The normalized spacial score (nSPS) is 11.8. The van der Waals surface area contributed by atoms with Crippen LogP contribution in [0.25, 0.3) is 22.2 Å². The molecule has 0 unspecified atom stereocenters. The zero-order valence-electron chi connectivity index (χ0n) is 11.3. The van der Waals surface area contributed by atoms with Crippen LogP contribution in [-0.4, -0.2) is 45.3 Å².